The van der Waals surface area contributed by atoms with Gasteiger partial charge < -0.3 is 35.2 Å². The van der Waals surface area contributed by atoms with E-state index in [1.165, 1.54) is 0 Å². The smallest absolute Gasteiger partial charge is 0.274 e. The summed E-state index contributed by atoms with van der Waals surface area (Å²) in [5.74, 6) is -0.786. The fourth-order valence-electron chi connectivity index (χ4n) is 7.55. The van der Waals surface area contributed by atoms with Crippen LogP contribution in [0.4, 0.5) is 11.4 Å². The van der Waals surface area contributed by atoms with E-state index in [1.807, 2.05) is 69.6 Å². The molecule has 0 radical (unpaired) electrons. The number of amides is 4. The van der Waals surface area contributed by atoms with Crippen LogP contribution < -0.4 is 25.6 Å². The SMILES string of the molecule is COc1cc(N2CC[C@@H](OCC(=O)N[C@H](C(=O)N3CCC[C@H]3C(=O)NCc3ccc(-c4scnc4C)cc3)C(C)(C)C)C2)ccc1NC(=O)c1cccc(-c2ccn[nH]2)n1. The monoisotopic (exact) mass is 833 g/mol. The first kappa shape index (κ1) is 42.0. The van der Waals surface area contributed by atoms with E-state index in [0.29, 0.717) is 68.3 Å². The van der Waals surface area contributed by atoms with Crippen LogP contribution in [0.5, 0.6) is 5.75 Å². The summed E-state index contributed by atoms with van der Waals surface area (Å²) in [5.41, 5.74) is 7.16. The van der Waals surface area contributed by atoms with Crippen molar-refractivity contribution in [2.24, 2.45) is 5.41 Å². The molecule has 2 aliphatic heterocycles. The van der Waals surface area contributed by atoms with Crippen LogP contribution in [0.25, 0.3) is 21.8 Å². The van der Waals surface area contributed by atoms with Crippen LogP contribution in [0.3, 0.4) is 0 Å². The Labute approximate surface area is 353 Å². The van der Waals surface area contributed by atoms with E-state index >= 15 is 0 Å². The molecule has 3 atom stereocenters. The summed E-state index contributed by atoms with van der Waals surface area (Å²) in [6.45, 7) is 9.47. The van der Waals surface area contributed by atoms with Gasteiger partial charge in [0.25, 0.3) is 5.91 Å². The number of ether oxygens (including phenoxy) is 2. The zero-order valence-electron chi connectivity index (χ0n) is 34.5. The van der Waals surface area contributed by atoms with Crippen LogP contribution >= 0.6 is 11.3 Å². The van der Waals surface area contributed by atoms with Gasteiger partial charge >= 0.3 is 0 Å². The number of hydrogen-bond donors (Lipinski definition) is 4. The summed E-state index contributed by atoms with van der Waals surface area (Å²) in [6, 6.07) is 19.1. The number of rotatable bonds is 14. The van der Waals surface area contributed by atoms with E-state index in [-0.39, 0.29) is 36.1 Å². The number of aromatic amines is 1. The topological polar surface area (TPSA) is 184 Å². The van der Waals surface area contributed by atoms with Crippen molar-refractivity contribution >= 4 is 46.3 Å². The number of pyridine rings is 1. The Morgan fingerprint density at radius 1 is 1.02 bits per heavy atom. The zero-order chi connectivity index (χ0) is 42.4. The summed E-state index contributed by atoms with van der Waals surface area (Å²) < 4.78 is 11.7. The van der Waals surface area contributed by atoms with Crippen LogP contribution in [0.1, 0.15) is 61.8 Å². The number of anilines is 2. The van der Waals surface area contributed by atoms with Gasteiger partial charge in [-0.1, -0.05) is 51.1 Å². The number of nitrogens with zero attached hydrogens (tertiary/aromatic N) is 5. The average molecular weight is 834 g/mol. The number of nitrogens with one attached hydrogen (secondary N) is 4. The van der Waals surface area contributed by atoms with Gasteiger partial charge in [0, 0.05) is 44.1 Å². The third-order valence-electron chi connectivity index (χ3n) is 10.8. The first-order valence-corrected chi connectivity index (χ1v) is 21.0. The highest BCUT2D eigenvalue weighted by Gasteiger charge is 2.42. The highest BCUT2D eigenvalue weighted by Crippen LogP contribution is 2.33. The third-order valence-corrected chi connectivity index (χ3v) is 11.8. The van der Waals surface area contributed by atoms with Crippen molar-refractivity contribution in [2.75, 3.05) is 43.6 Å². The minimum Gasteiger partial charge on any atom is -0.494 e. The number of benzene rings is 2. The fourth-order valence-corrected chi connectivity index (χ4v) is 8.36. The largest absolute Gasteiger partial charge is 0.494 e. The highest BCUT2D eigenvalue weighted by molar-refractivity contribution is 7.13. The number of methoxy groups -OCH3 is 1. The molecular weight excluding hydrogens is 783 g/mol. The van der Waals surface area contributed by atoms with Crippen LogP contribution in [-0.4, -0.2) is 100 Å². The van der Waals surface area contributed by atoms with Gasteiger partial charge in [-0.15, -0.1) is 11.3 Å². The van der Waals surface area contributed by atoms with E-state index in [1.54, 1.807) is 59.9 Å². The van der Waals surface area contributed by atoms with Gasteiger partial charge in [0.05, 0.1) is 46.4 Å². The number of hydrogen-bond acceptors (Lipinski definition) is 11. The molecule has 2 saturated heterocycles. The number of carbonyl (C=O) groups is 4. The Morgan fingerprint density at radius 3 is 2.55 bits per heavy atom. The Hall–Kier alpha value is -6.13. The molecule has 314 valence electrons. The average Bonchev–Trinajstić information content (AvgIpc) is 4.10. The van der Waals surface area contributed by atoms with Gasteiger partial charge in [-0.05, 0) is 73.1 Å². The standard InChI is InChI=1S/C44H51N9O6S/c1-27-39(60-26-46-27)29-13-11-28(12-14-29)23-45-42(56)36-10-7-20-53(36)43(57)40(44(2,3)4)50-38(54)25-59-31-18-21-52(24-31)30-15-16-34(37(22-30)58-5)49-41(55)35-9-6-8-32(48-35)33-17-19-47-51-33/h6,8-9,11-17,19,22,26,31,36,40H,7,10,18,20-21,23-25H2,1-5H3,(H,45,56)(H,47,51)(H,49,55)(H,50,54)/t31-,36+,40-/m1/s1. The van der Waals surface area contributed by atoms with Crippen molar-refractivity contribution in [3.8, 4) is 27.6 Å². The predicted molar refractivity (Wildman–Crippen MR) is 230 cm³/mol. The first-order valence-electron chi connectivity index (χ1n) is 20.1. The summed E-state index contributed by atoms with van der Waals surface area (Å²) >= 11 is 1.59. The molecule has 60 heavy (non-hydrogen) atoms. The van der Waals surface area contributed by atoms with Gasteiger partial charge in [-0.25, -0.2) is 9.97 Å². The molecule has 5 heterocycles. The minimum atomic E-state index is -0.854. The van der Waals surface area contributed by atoms with Crippen LogP contribution in [-0.2, 0) is 25.7 Å². The molecular formula is C44H51N9O6S. The molecule has 0 spiro atoms. The molecule has 3 aromatic heterocycles. The van der Waals surface area contributed by atoms with Crippen molar-refractivity contribution in [3.05, 3.63) is 95.4 Å². The van der Waals surface area contributed by atoms with Gasteiger partial charge in [0.15, 0.2) is 0 Å². The van der Waals surface area contributed by atoms with Crippen molar-refractivity contribution in [1.29, 1.82) is 0 Å². The minimum absolute atomic E-state index is 0.210. The maximum Gasteiger partial charge on any atom is 0.274 e. The molecule has 16 heteroatoms. The summed E-state index contributed by atoms with van der Waals surface area (Å²) in [4.78, 5) is 67.6. The molecule has 0 saturated carbocycles. The molecule has 2 aromatic carbocycles. The second-order valence-electron chi connectivity index (χ2n) is 16.1. The molecule has 2 aliphatic rings. The Morgan fingerprint density at radius 2 is 1.83 bits per heavy atom. The van der Waals surface area contributed by atoms with Crippen molar-refractivity contribution in [1.82, 2.24) is 35.7 Å². The number of aryl methyl sites for hydroxylation is 1. The molecule has 15 nitrogen and oxygen atoms in total. The number of thiazole rings is 1. The lowest BCUT2D eigenvalue weighted by molar-refractivity contribution is -0.144. The van der Waals surface area contributed by atoms with E-state index < -0.39 is 23.4 Å². The summed E-state index contributed by atoms with van der Waals surface area (Å²) in [5, 5.41) is 15.7. The maximum atomic E-state index is 14.1. The molecule has 0 bridgehead atoms. The fraction of sp³-hybridized carbons (Fsp3) is 0.386. The second kappa shape index (κ2) is 18.4. The van der Waals surface area contributed by atoms with Gasteiger partial charge in [-0.2, -0.15) is 5.10 Å². The van der Waals surface area contributed by atoms with Crippen LogP contribution in [0, 0.1) is 12.3 Å². The van der Waals surface area contributed by atoms with E-state index in [0.717, 1.165) is 27.4 Å². The van der Waals surface area contributed by atoms with Crippen molar-refractivity contribution < 1.29 is 28.7 Å². The molecule has 7 rings (SSSR count). The van der Waals surface area contributed by atoms with Crippen LogP contribution in [0.15, 0.2) is 78.4 Å². The predicted octanol–water partition coefficient (Wildman–Crippen LogP) is 5.60. The van der Waals surface area contributed by atoms with E-state index in [4.69, 9.17) is 9.47 Å². The summed E-state index contributed by atoms with van der Waals surface area (Å²) in [6.07, 6.45) is 3.33. The van der Waals surface area contributed by atoms with Gasteiger partial charge in [-0.3, -0.25) is 24.3 Å². The molecule has 4 amide bonds. The second-order valence-corrected chi connectivity index (χ2v) is 17.0. The van der Waals surface area contributed by atoms with Crippen molar-refractivity contribution in [2.45, 2.75) is 71.7 Å². The molecule has 2 fully saturated rings. The van der Waals surface area contributed by atoms with E-state index in [9.17, 15) is 19.2 Å². The Kier molecular flexibility index (Phi) is 12.9. The summed E-state index contributed by atoms with van der Waals surface area (Å²) in [7, 11) is 1.54. The Balaban J connectivity index is 0.896. The number of carbonyl (C=O) groups excluding carboxylic acids is 4. The molecule has 0 unspecified atom stereocenters. The zero-order valence-corrected chi connectivity index (χ0v) is 35.3. The van der Waals surface area contributed by atoms with E-state index in [2.05, 4.69) is 41.0 Å². The quantitative estimate of drug-likeness (QED) is 0.110. The lowest BCUT2D eigenvalue weighted by Crippen LogP contribution is -2.58. The number of H-pyrrole nitrogens is 1. The molecule has 4 N–H and O–H groups in total. The first-order chi connectivity index (χ1) is 28.9. The van der Waals surface area contributed by atoms with Crippen molar-refractivity contribution in [3.63, 3.8) is 0 Å². The normalized spacial score (nSPS) is 17.0. The van der Waals surface area contributed by atoms with Gasteiger partial charge in [0.1, 0.15) is 30.1 Å². The molecule has 5 aromatic rings. The highest BCUT2D eigenvalue weighted by atomic mass is 32.1. The maximum absolute atomic E-state index is 14.1. The number of aromatic nitrogens is 4. The van der Waals surface area contributed by atoms with Crippen LogP contribution in [0.2, 0.25) is 0 Å². The molecule has 0 aliphatic carbocycles. The number of likely N-dealkylation sites (tertiary alicyclic amines) is 1. The third kappa shape index (κ3) is 9.83. The lowest BCUT2D eigenvalue weighted by atomic mass is 9.85. The Bertz CT molecular complexity index is 2310. The van der Waals surface area contributed by atoms with Gasteiger partial charge in [0.2, 0.25) is 17.7 Å². The lowest BCUT2D eigenvalue weighted by Gasteiger charge is -2.35.